The summed E-state index contributed by atoms with van der Waals surface area (Å²) in [5.41, 5.74) is 7.67. The van der Waals surface area contributed by atoms with E-state index in [1.807, 2.05) is 11.5 Å². The average Bonchev–Trinajstić information content (AvgIpc) is 2.94. The molecule has 0 unspecified atom stereocenters. The second-order valence-corrected chi connectivity index (χ2v) is 6.83. The topological polar surface area (TPSA) is 22.0 Å². The fourth-order valence-electron chi connectivity index (χ4n) is 3.20. The van der Waals surface area contributed by atoms with Crippen molar-refractivity contribution in [2.45, 2.75) is 40.5 Å². The number of aromatic nitrogens is 1. The van der Waals surface area contributed by atoms with Crippen molar-refractivity contribution < 1.29 is 9.18 Å². The van der Waals surface area contributed by atoms with Gasteiger partial charge in [-0.3, -0.25) is 4.79 Å². The highest BCUT2D eigenvalue weighted by Gasteiger charge is 2.17. The van der Waals surface area contributed by atoms with E-state index in [1.54, 1.807) is 12.1 Å². The van der Waals surface area contributed by atoms with Crippen LogP contribution in [0.5, 0.6) is 0 Å². The quantitative estimate of drug-likeness (QED) is 0.576. The van der Waals surface area contributed by atoms with Crippen molar-refractivity contribution in [2.24, 2.45) is 0 Å². The molecule has 0 saturated carbocycles. The molecule has 0 fully saturated rings. The zero-order valence-corrected chi connectivity index (χ0v) is 15.8. The Bertz CT molecular complexity index is 951. The van der Waals surface area contributed by atoms with E-state index in [1.165, 1.54) is 23.3 Å². The number of nitrogens with zero attached hydrogens (tertiary/aromatic N) is 1. The number of benzene rings is 2. The molecule has 0 saturated heterocycles. The monoisotopic (exact) mass is 349 g/mol. The zero-order chi connectivity index (χ0) is 18.8. The second kappa shape index (κ2) is 7.28. The van der Waals surface area contributed by atoms with Gasteiger partial charge in [-0.2, -0.15) is 0 Å². The lowest BCUT2D eigenvalue weighted by molar-refractivity contribution is -0.118. The molecule has 3 aromatic rings. The van der Waals surface area contributed by atoms with Gasteiger partial charge < -0.3 is 4.57 Å². The van der Waals surface area contributed by atoms with Gasteiger partial charge in [0.15, 0.2) is 0 Å². The van der Waals surface area contributed by atoms with Crippen LogP contribution >= 0.6 is 0 Å². The minimum Gasteiger partial charge on any atom is -0.320 e. The van der Waals surface area contributed by atoms with Gasteiger partial charge in [0.05, 0.1) is 0 Å². The molecule has 134 valence electrons. The maximum Gasteiger partial charge on any atom is 0.138 e. The van der Waals surface area contributed by atoms with Crippen molar-refractivity contribution in [1.82, 2.24) is 4.57 Å². The summed E-state index contributed by atoms with van der Waals surface area (Å²) in [6, 6.07) is 12.8. The minimum atomic E-state index is -0.266. The van der Waals surface area contributed by atoms with Crippen LogP contribution in [0.2, 0.25) is 0 Å². The summed E-state index contributed by atoms with van der Waals surface area (Å²) in [7, 11) is 0. The first-order valence-electron chi connectivity index (χ1n) is 8.96. The van der Waals surface area contributed by atoms with E-state index in [-0.39, 0.29) is 11.6 Å². The highest BCUT2D eigenvalue weighted by Crippen LogP contribution is 2.31. The third-order valence-electron chi connectivity index (χ3n) is 5.07. The number of aryl methyl sites for hydroxylation is 2. The Labute approximate surface area is 154 Å². The summed E-state index contributed by atoms with van der Waals surface area (Å²) in [6.07, 6.45) is 2.95. The third kappa shape index (κ3) is 3.48. The van der Waals surface area contributed by atoms with Crippen LogP contribution in [0.3, 0.4) is 0 Å². The van der Waals surface area contributed by atoms with Gasteiger partial charge in [-0.15, -0.1) is 0 Å². The first-order chi connectivity index (χ1) is 12.4. The van der Waals surface area contributed by atoms with Crippen LogP contribution in [-0.4, -0.2) is 10.4 Å². The third-order valence-corrected chi connectivity index (χ3v) is 5.07. The van der Waals surface area contributed by atoms with Gasteiger partial charge in [0.2, 0.25) is 0 Å². The lowest BCUT2D eigenvalue weighted by Crippen LogP contribution is -2.07. The van der Waals surface area contributed by atoms with Gasteiger partial charge in [0, 0.05) is 36.0 Å². The summed E-state index contributed by atoms with van der Waals surface area (Å²) >= 11 is 0. The molecule has 0 aliphatic carbocycles. The van der Waals surface area contributed by atoms with E-state index in [2.05, 4.69) is 45.2 Å². The number of ketones is 1. The molecule has 2 nitrogen and oxygen atoms in total. The average molecular weight is 349 g/mol. The number of carbonyl (C=O) groups excluding carboxylic acids is 1. The Hall–Kier alpha value is -2.68. The Morgan fingerprint density at radius 1 is 1.00 bits per heavy atom. The second-order valence-electron chi connectivity index (χ2n) is 6.83. The van der Waals surface area contributed by atoms with Crippen molar-refractivity contribution in [2.75, 3.05) is 0 Å². The van der Waals surface area contributed by atoms with E-state index in [9.17, 15) is 9.18 Å². The molecule has 3 heteroatoms. The summed E-state index contributed by atoms with van der Waals surface area (Å²) in [6.45, 7) is 8.14. The predicted octanol–water partition coefficient (Wildman–Crippen LogP) is 5.73. The molecule has 26 heavy (non-hydrogen) atoms. The number of halogens is 1. The molecule has 0 atom stereocenters. The summed E-state index contributed by atoms with van der Waals surface area (Å²) in [4.78, 5) is 12.1. The molecule has 0 radical (unpaired) electrons. The van der Waals surface area contributed by atoms with Crippen LogP contribution < -0.4 is 0 Å². The SMILES string of the molecule is CCC(=O)Cc1c(C)c(-c2ccc(C)c(C)c2)cn1-c1ccc(F)cc1. The van der Waals surface area contributed by atoms with Gasteiger partial charge in [-0.1, -0.05) is 25.1 Å². The van der Waals surface area contributed by atoms with Gasteiger partial charge in [0.1, 0.15) is 11.6 Å². The highest BCUT2D eigenvalue weighted by molar-refractivity contribution is 5.82. The normalized spacial score (nSPS) is 11.0. The zero-order valence-electron chi connectivity index (χ0n) is 15.8. The summed E-state index contributed by atoms with van der Waals surface area (Å²) < 4.78 is 15.4. The van der Waals surface area contributed by atoms with E-state index in [4.69, 9.17) is 0 Å². The number of carbonyl (C=O) groups is 1. The van der Waals surface area contributed by atoms with Crippen molar-refractivity contribution in [3.05, 3.63) is 76.9 Å². The predicted molar refractivity (Wildman–Crippen MR) is 104 cm³/mol. The smallest absolute Gasteiger partial charge is 0.138 e. The molecule has 1 heterocycles. The van der Waals surface area contributed by atoms with Gasteiger partial charge in [0.25, 0.3) is 0 Å². The van der Waals surface area contributed by atoms with Crippen LogP contribution in [0.25, 0.3) is 16.8 Å². The van der Waals surface area contributed by atoms with Gasteiger partial charge >= 0.3 is 0 Å². The van der Waals surface area contributed by atoms with Crippen LogP contribution in [0.15, 0.2) is 48.7 Å². The Kier molecular flexibility index (Phi) is 5.08. The molecule has 2 aromatic carbocycles. The lowest BCUT2D eigenvalue weighted by Gasteiger charge is -2.09. The highest BCUT2D eigenvalue weighted by atomic mass is 19.1. The Morgan fingerprint density at radius 3 is 2.31 bits per heavy atom. The number of Topliss-reactive ketones (excluding diaryl/α,β-unsaturated/α-hetero) is 1. The largest absolute Gasteiger partial charge is 0.320 e. The standard InChI is InChI=1S/C23H24FNO/c1-5-21(26)13-23-17(4)22(18-7-6-15(2)16(3)12-18)14-25(23)20-10-8-19(24)9-11-20/h6-12,14H,5,13H2,1-4H3. The maximum absolute atomic E-state index is 13.3. The van der Waals surface area contributed by atoms with Crippen molar-refractivity contribution in [3.8, 4) is 16.8 Å². The fourth-order valence-corrected chi connectivity index (χ4v) is 3.20. The van der Waals surface area contributed by atoms with E-state index in [0.29, 0.717) is 12.8 Å². The molecule has 0 spiro atoms. The minimum absolute atomic E-state index is 0.196. The molecular formula is C23H24FNO. The summed E-state index contributed by atoms with van der Waals surface area (Å²) in [5, 5.41) is 0. The van der Waals surface area contributed by atoms with Gasteiger partial charge in [-0.25, -0.2) is 4.39 Å². The molecule has 3 rings (SSSR count). The van der Waals surface area contributed by atoms with E-state index < -0.39 is 0 Å². The fraction of sp³-hybridized carbons (Fsp3) is 0.261. The molecule has 0 aliphatic heterocycles. The van der Waals surface area contributed by atoms with Crippen LogP contribution in [0, 0.1) is 26.6 Å². The number of rotatable bonds is 5. The van der Waals surface area contributed by atoms with Crippen LogP contribution in [-0.2, 0) is 11.2 Å². The van der Waals surface area contributed by atoms with Crippen molar-refractivity contribution >= 4 is 5.78 Å². The lowest BCUT2D eigenvalue weighted by atomic mass is 9.98. The first kappa shape index (κ1) is 18.1. The molecule has 0 N–H and O–H groups in total. The van der Waals surface area contributed by atoms with Crippen LogP contribution in [0.4, 0.5) is 4.39 Å². The molecule has 0 aliphatic rings. The maximum atomic E-state index is 13.3. The van der Waals surface area contributed by atoms with Crippen molar-refractivity contribution in [1.29, 1.82) is 0 Å². The van der Waals surface area contributed by atoms with E-state index in [0.717, 1.165) is 28.1 Å². The molecule has 0 bridgehead atoms. The van der Waals surface area contributed by atoms with E-state index >= 15 is 0 Å². The number of hydrogen-bond donors (Lipinski definition) is 0. The van der Waals surface area contributed by atoms with Crippen molar-refractivity contribution in [3.63, 3.8) is 0 Å². The summed E-state index contributed by atoms with van der Waals surface area (Å²) in [5.74, 6) is -0.0700. The van der Waals surface area contributed by atoms with Crippen LogP contribution in [0.1, 0.15) is 35.7 Å². The molecular weight excluding hydrogens is 325 g/mol. The Morgan fingerprint density at radius 2 is 1.69 bits per heavy atom. The molecule has 1 aromatic heterocycles. The van der Waals surface area contributed by atoms with Gasteiger partial charge in [-0.05, 0) is 67.3 Å². The molecule has 0 amide bonds. The number of hydrogen-bond acceptors (Lipinski definition) is 1. The first-order valence-corrected chi connectivity index (χ1v) is 8.96. The Balaban J connectivity index is 2.17.